The maximum absolute atomic E-state index is 12.0. The van der Waals surface area contributed by atoms with Crippen molar-refractivity contribution in [3.05, 3.63) is 60.6 Å². The summed E-state index contributed by atoms with van der Waals surface area (Å²) in [6.45, 7) is 6.67. The molecule has 34 heavy (non-hydrogen) atoms. The van der Waals surface area contributed by atoms with Gasteiger partial charge in [-0.1, -0.05) is 23.5 Å². The first-order chi connectivity index (χ1) is 16.7. The number of aromatic nitrogens is 3. The van der Waals surface area contributed by atoms with Crippen molar-refractivity contribution in [3.8, 4) is 22.4 Å². The van der Waals surface area contributed by atoms with Gasteiger partial charge in [0.15, 0.2) is 5.13 Å². The molecule has 0 radical (unpaired) electrons. The van der Waals surface area contributed by atoms with Crippen LogP contribution in [0.1, 0.15) is 12.6 Å². The monoisotopic (exact) mass is 474 g/mol. The molecule has 1 fully saturated rings. The van der Waals surface area contributed by atoms with Crippen LogP contribution < -0.4 is 10.6 Å². The third-order valence-electron chi connectivity index (χ3n) is 5.64. The van der Waals surface area contributed by atoms with Crippen LogP contribution in [0.5, 0.6) is 0 Å². The number of benzene rings is 1. The molecule has 0 atom stereocenters. The fourth-order valence-electron chi connectivity index (χ4n) is 3.94. The predicted octanol–water partition coefficient (Wildman–Crippen LogP) is 4.39. The number of pyridine rings is 2. The SMILES string of the molecule is CCNC(=O)Nc1nc2cc(-c3ccc(CN4CCOCC4)nc3)cc(-c3ccccn3)c2s1. The van der Waals surface area contributed by atoms with E-state index in [4.69, 9.17) is 9.72 Å². The molecule has 0 aliphatic carbocycles. The van der Waals surface area contributed by atoms with E-state index in [0.29, 0.717) is 11.7 Å². The van der Waals surface area contributed by atoms with Crippen molar-refractivity contribution >= 4 is 32.7 Å². The molecule has 8 nitrogen and oxygen atoms in total. The zero-order valence-electron chi connectivity index (χ0n) is 19.0. The van der Waals surface area contributed by atoms with Gasteiger partial charge in [0.05, 0.1) is 34.8 Å². The van der Waals surface area contributed by atoms with Crippen LogP contribution in [0.2, 0.25) is 0 Å². The number of amides is 2. The number of anilines is 1. The summed E-state index contributed by atoms with van der Waals surface area (Å²) in [7, 11) is 0. The lowest BCUT2D eigenvalue weighted by atomic mass is 10.0. The van der Waals surface area contributed by atoms with Gasteiger partial charge in [-0.25, -0.2) is 9.78 Å². The topological polar surface area (TPSA) is 92.3 Å². The standard InChI is InChI=1S/C25H26N6O2S/c1-2-26-24(32)30-25-29-22-14-18(13-20(23(22)34-25)21-5-3-4-8-27-21)17-6-7-19(28-15-17)16-31-9-11-33-12-10-31/h3-8,13-15H,2,9-12,16H2,1H3,(H2,26,29,30,32). The predicted molar refractivity (Wildman–Crippen MR) is 135 cm³/mol. The van der Waals surface area contributed by atoms with Crippen LogP contribution >= 0.6 is 11.3 Å². The van der Waals surface area contributed by atoms with Crippen LogP contribution in [0, 0.1) is 0 Å². The maximum Gasteiger partial charge on any atom is 0.321 e. The number of urea groups is 1. The Hall–Kier alpha value is -3.40. The number of morpholine rings is 1. The van der Waals surface area contributed by atoms with E-state index in [1.165, 1.54) is 11.3 Å². The first kappa shape index (κ1) is 22.4. The third kappa shape index (κ3) is 5.06. The minimum atomic E-state index is -0.263. The first-order valence-electron chi connectivity index (χ1n) is 11.4. The van der Waals surface area contributed by atoms with Gasteiger partial charge >= 0.3 is 6.03 Å². The first-order valence-corrected chi connectivity index (χ1v) is 12.2. The van der Waals surface area contributed by atoms with E-state index in [1.54, 1.807) is 6.20 Å². The molecule has 9 heteroatoms. The number of fused-ring (bicyclic) bond motifs is 1. The third-order valence-corrected chi connectivity index (χ3v) is 6.66. The molecule has 5 rings (SSSR count). The molecule has 1 aliphatic rings. The molecule has 174 valence electrons. The second kappa shape index (κ2) is 10.3. The minimum absolute atomic E-state index is 0.263. The summed E-state index contributed by atoms with van der Waals surface area (Å²) in [5, 5.41) is 6.12. The Bertz CT molecular complexity index is 1270. The second-order valence-corrected chi connectivity index (χ2v) is 9.02. The highest BCUT2D eigenvalue weighted by molar-refractivity contribution is 7.22. The Labute approximate surface area is 202 Å². The molecule has 4 heterocycles. The number of carbonyl (C=O) groups is 1. The molecular formula is C25H26N6O2S. The fraction of sp³-hybridized carbons (Fsp3) is 0.280. The van der Waals surface area contributed by atoms with E-state index >= 15 is 0 Å². The van der Waals surface area contributed by atoms with E-state index in [9.17, 15) is 4.79 Å². The van der Waals surface area contributed by atoms with Gasteiger partial charge in [0.2, 0.25) is 0 Å². The van der Waals surface area contributed by atoms with Crippen LogP contribution in [0.25, 0.3) is 32.6 Å². The molecule has 0 unspecified atom stereocenters. The molecule has 0 bridgehead atoms. The number of hydrogen-bond donors (Lipinski definition) is 2. The van der Waals surface area contributed by atoms with Crippen LogP contribution in [-0.2, 0) is 11.3 Å². The highest BCUT2D eigenvalue weighted by atomic mass is 32.1. The Morgan fingerprint density at radius 1 is 1.12 bits per heavy atom. The van der Waals surface area contributed by atoms with Crippen molar-refractivity contribution in [2.24, 2.45) is 0 Å². The van der Waals surface area contributed by atoms with Crippen molar-refractivity contribution in [3.63, 3.8) is 0 Å². The van der Waals surface area contributed by atoms with E-state index in [2.05, 4.69) is 43.7 Å². The maximum atomic E-state index is 12.0. The highest BCUT2D eigenvalue weighted by Gasteiger charge is 2.16. The zero-order valence-corrected chi connectivity index (χ0v) is 19.8. The largest absolute Gasteiger partial charge is 0.379 e. The van der Waals surface area contributed by atoms with Crippen molar-refractivity contribution in [1.29, 1.82) is 0 Å². The molecule has 2 N–H and O–H groups in total. The molecule has 2 amide bonds. The van der Waals surface area contributed by atoms with Gasteiger partial charge in [0, 0.05) is 49.7 Å². The van der Waals surface area contributed by atoms with Gasteiger partial charge in [0.1, 0.15) is 0 Å². The smallest absolute Gasteiger partial charge is 0.321 e. The molecule has 0 saturated carbocycles. The average molecular weight is 475 g/mol. The lowest BCUT2D eigenvalue weighted by molar-refractivity contribution is 0.0336. The summed E-state index contributed by atoms with van der Waals surface area (Å²) in [5.41, 5.74) is 5.71. The van der Waals surface area contributed by atoms with E-state index in [1.807, 2.05) is 37.4 Å². The number of nitrogens with one attached hydrogen (secondary N) is 2. The van der Waals surface area contributed by atoms with Crippen LogP contribution in [0.3, 0.4) is 0 Å². The molecule has 1 aromatic carbocycles. The van der Waals surface area contributed by atoms with Crippen molar-refractivity contribution in [2.45, 2.75) is 13.5 Å². The van der Waals surface area contributed by atoms with Gasteiger partial charge in [-0.15, -0.1) is 0 Å². The fourth-order valence-corrected chi connectivity index (χ4v) is 4.91. The summed E-state index contributed by atoms with van der Waals surface area (Å²) in [4.78, 5) is 28.3. The quantitative estimate of drug-likeness (QED) is 0.431. The normalized spacial score (nSPS) is 14.3. The van der Waals surface area contributed by atoms with Gasteiger partial charge in [0.25, 0.3) is 0 Å². The van der Waals surface area contributed by atoms with Crippen molar-refractivity contribution < 1.29 is 9.53 Å². The van der Waals surface area contributed by atoms with E-state index < -0.39 is 0 Å². The second-order valence-electron chi connectivity index (χ2n) is 8.02. The number of thiazole rings is 1. The lowest BCUT2D eigenvalue weighted by Crippen LogP contribution is -2.35. The molecule has 0 spiro atoms. The highest BCUT2D eigenvalue weighted by Crippen LogP contribution is 2.38. The Balaban J connectivity index is 1.48. The summed E-state index contributed by atoms with van der Waals surface area (Å²) in [6, 6.07) is 13.9. The summed E-state index contributed by atoms with van der Waals surface area (Å²) >= 11 is 1.44. The van der Waals surface area contributed by atoms with Crippen molar-refractivity contribution in [2.75, 3.05) is 38.2 Å². The number of rotatable bonds is 6. The van der Waals surface area contributed by atoms with Gasteiger partial charge in [-0.05, 0) is 42.8 Å². The minimum Gasteiger partial charge on any atom is -0.379 e. The van der Waals surface area contributed by atoms with Gasteiger partial charge in [-0.3, -0.25) is 20.2 Å². The molecule has 1 saturated heterocycles. The number of ether oxygens (including phenoxy) is 1. The van der Waals surface area contributed by atoms with E-state index in [-0.39, 0.29) is 6.03 Å². The summed E-state index contributed by atoms with van der Waals surface area (Å²) in [6.07, 6.45) is 3.70. The number of hydrogen-bond acceptors (Lipinski definition) is 7. The zero-order chi connectivity index (χ0) is 23.3. The molecule has 3 aromatic heterocycles. The number of carbonyl (C=O) groups excluding carboxylic acids is 1. The summed E-state index contributed by atoms with van der Waals surface area (Å²) in [5.74, 6) is 0. The molecule has 4 aromatic rings. The number of nitrogens with zero attached hydrogens (tertiary/aromatic N) is 4. The Kier molecular flexibility index (Phi) is 6.75. The molecule has 1 aliphatic heterocycles. The summed E-state index contributed by atoms with van der Waals surface area (Å²) < 4.78 is 6.41. The Morgan fingerprint density at radius 3 is 2.74 bits per heavy atom. The van der Waals surface area contributed by atoms with Crippen LogP contribution in [0.4, 0.5) is 9.93 Å². The van der Waals surface area contributed by atoms with Crippen molar-refractivity contribution in [1.82, 2.24) is 25.2 Å². The Morgan fingerprint density at radius 2 is 2.00 bits per heavy atom. The van der Waals surface area contributed by atoms with E-state index in [0.717, 1.165) is 71.1 Å². The van der Waals surface area contributed by atoms with Crippen LogP contribution in [-0.4, -0.2) is 58.7 Å². The van der Waals surface area contributed by atoms with Crippen LogP contribution in [0.15, 0.2) is 54.9 Å². The average Bonchev–Trinajstić information content (AvgIpc) is 3.27. The lowest BCUT2D eigenvalue weighted by Gasteiger charge is -2.26. The molecular weight excluding hydrogens is 448 g/mol. The van der Waals surface area contributed by atoms with Gasteiger partial charge < -0.3 is 10.1 Å². The van der Waals surface area contributed by atoms with Gasteiger partial charge in [-0.2, -0.15) is 0 Å².